The monoisotopic (exact) mass is 486 g/mol. The van der Waals surface area contributed by atoms with Gasteiger partial charge in [-0.25, -0.2) is 9.97 Å². The summed E-state index contributed by atoms with van der Waals surface area (Å²) >= 11 is 15.0. The molecule has 29 heavy (non-hydrogen) atoms. The molecule has 0 atom stereocenters. The fraction of sp³-hybridized carbons (Fsp3) is 0.211. The quantitative estimate of drug-likeness (QED) is 0.319. The summed E-state index contributed by atoms with van der Waals surface area (Å²) in [6.45, 7) is 3.28. The second-order valence-corrected chi connectivity index (χ2v) is 9.44. The molecule has 0 unspecified atom stereocenters. The number of thiophene rings is 1. The Kier molecular flexibility index (Phi) is 7.19. The van der Waals surface area contributed by atoms with Crippen LogP contribution in [-0.2, 0) is 6.54 Å². The van der Waals surface area contributed by atoms with Crippen LogP contribution in [0.15, 0.2) is 43.0 Å². The molecule has 0 aliphatic carbocycles. The number of anilines is 1. The average Bonchev–Trinajstić information content (AvgIpc) is 3.38. The van der Waals surface area contributed by atoms with Crippen molar-refractivity contribution < 1.29 is 4.79 Å². The molecule has 0 fully saturated rings. The Morgan fingerprint density at radius 3 is 2.76 bits per heavy atom. The molecule has 1 aromatic carbocycles. The molecule has 4 aromatic rings. The Morgan fingerprint density at radius 2 is 2.07 bits per heavy atom. The van der Waals surface area contributed by atoms with E-state index in [9.17, 15) is 4.79 Å². The number of thiazole rings is 1. The molecular formula is C19H17Cl3N4OS2. The van der Waals surface area contributed by atoms with Crippen LogP contribution in [0.2, 0.25) is 9.36 Å². The number of nitrogens with zero attached hydrogens (tertiary/aromatic N) is 4. The SMILES string of the molecule is Cc1cc(Cl)cc2sc(N(CCCn3ccnc3)C(=O)c3ccc(Cl)s3)nc12.Cl. The van der Waals surface area contributed by atoms with Gasteiger partial charge in [0.15, 0.2) is 5.13 Å². The zero-order valence-corrected chi connectivity index (χ0v) is 19.3. The van der Waals surface area contributed by atoms with Crippen molar-refractivity contribution in [3.05, 3.63) is 62.8 Å². The van der Waals surface area contributed by atoms with E-state index in [1.54, 1.807) is 29.6 Å². The third-order valence-electron chi connectivity index (χ3n) is 4.26. The summed E-state index contributed by atoms with van der Waals surface area (Å²) in [5.74, 6) is -0.0923. The molecule has 152 valence electrons. The smallest absolute Gasteiger partial charge is 0.270 e. The summed E-state index contributed by atoms with van der Waals surface area (Å²) in [7, 11) is 0. The van der Waals surface area contributed by atoms with E-state index in [1.807, 2.05) is 29.8 Å². The number of hydrogen-bond acceptors (Lipinski definition) is 5. The summed E-state index contributed by atoms with van der Waals surface area (Å²) in [5, 5.41) is 1.34. The number of amides is 1. The summed E-state index contributed by atoms with van der Waals surface area (Å²) in [5.41, 5.74) is 1.87. The second-order valence-electron chi connectivity index (χ2n) is 6.28. The topological polar surface area (TPSA) is 51.0 Å². The summed E-state index contributed by atoms with van der Waals surface area (Å²) < 4.78 is 3.55. The standard InChI is InChI=1S/C19H16Cl2N4OS2.ClH/c1-12-9-13(20)10-15-17(12)23-19(28-15)25(7-2-6-24-8-5-22-11-24)18(26)14-3-4-16(21)27-14;/h3-5,8-11H,2,6-7H2,1H3;1H. The molecule has 5 nitrogen and oxygen atoms in total. The lowest BCUT2D eigenvalue weighted by Gasteiger charge is -2.19. The van der Waals surface area contributed by atoms with E-state index in [2.05, 4.69) is 4.98 Å². The lowest BCUT2D eigenvalue weighted by Crippen LogP contribution is -2.31. The molecule has 0 aliphatic heterocycles. The first kappa shape index (κ1) is 22.1. The molecule has 0 bridgehead atoms. The molecule has 0 saturated carbocycles. The van der Waals surface area contributed by atoms with Gasteiger partial charge in [-0.3, -0.25) is 9.69 Å². The number of imidazole rings is 1. The average molecular weight is 488 g/mol. The predicted octanol–water partition coefficient (Wildman–Crippen LogP) is 6.33. The maximum atomic E-state index is 13.2. The first-order valence-corrected chi connectivity index (χ1v) is 11.0. The molecule has 1 amide bonds. The van der Waals surface area contributed by atoms with Crippen LogP contribution in [0.3, 0.4) is 0 Å². The highest BCUT2D eigenvalue weighted by molar-refractivity contribution is 7.22. The minimum atomic E-state index is -0.0923. The minimum absolute atomic E-state index is 0. The molecule has 0 saturated heterocycles. The van der Waals surface area contributed by atoms with Gasteiger partial charge >= 0.3 is 0 Å². The van der Waals surface area contributed by atoms with Gasteiger partial charge < -0.3 is 4.57 Å². The fourth-order valence-electron chi connectivity index (χ4n) is 2.93. The normalized spacial score (nSPS) is 10.9. The van der Waals surface area contributed by atoms with Crippen molar-refractivity contribution in [2.45, 2.75) is 19.9 Å². The van der Waals surface area contributed by atoms with Crippen LogP contribution >= 0.6 is 58.3 Å². The zero-order chi connectivity index (χ0) is 19.7. The lowest BCUT2D eigenvalue weighted by atomic mass is 10.2. The van der Waals surface area contributed by atoms with E-state index in [4.69, 9.17) is 28.2 Å². The predicted molar refractivity (Wildman–Crippen MR) is 124 cm³/mol. The highest BCUT2D eigenvalue weighted by atomic mass is 35.5. The molecule has 10 heteroatoms. The summed E-state index contributed by atoms with van der Waals surface area (Å²) in [6, 6.07) is 7.28. The van der Waals surface area contributed by atoms with Crippen molar-refractivity contribution in [1.82, 2.24) is 14.5 Å². The van der Waals surface area contributed by atoms with Crippen molar-refractivity contribution in [2.24, 2.45) is 0 Å². The van der Waals surface area contributed by atoms with Crippen LogP contribution < -0.4 is 4.90 Å². The van der Waals surface area contributed by atoms with Gasteiger partial charge in [-0.1, -0.05) is 34.5 Å². The molecule has 3 heterocycles. The van der Waals surface area contributed by atoms with Gasteiger partial charge in [0, 0.05) is 30.5 Å². The van der Waals surface area contributed by atoms with Crippen molar-refractivity contribution in [2.75, 3.05) is 11.4 Å². The van der Waals surface area contributed by atoms with E-state index < -0.39 is 0 Å². The van der Waals surface area contributed by atoms with E-state index in [0.717, 1.165) is 28.7 Å². The Labute approximate surface area is 192 Å². The molecule has 0 aliphatic rings. The van der Waals surface area contributed by atoms with Crippen LogP contribution in [-0.4, -0.2) is 27.0 Å². The number of hydrogen-bond donors (Lipinski definition) is 0. The van der Waals surface area contributed by atoms with Gasteiger partial charge in [-0.15, -0.1) is 23.7 Å². The van der Waals surface area contributed by atoms with Crippen molar-refractivity contribution in [1.29, 1.82) is 0 Å². The highest BCUT2D eigenvalue weighted by Crippen LogP contribution is 2.34. The first-order chi connectivity index (χ1) is 13.5. The van der Waals surface area contributed by atoms with E-state index in [1.165, 1.54) is 22.7 Å². The van der Waals surface area contributed by atoms with Crippen LogP contribution in [0.5, 0.6) is 0 Å². The van der Waals surface area contributed by atoms with Crippen LogP contribution in [0.1, 0.15) is 21.7 Å². The summed E-state index contributed by atoms with van der Waals surface area (Å²) in [4.78, 5) is 24.3. The van der Waals surface area contributed by atoms with Gasteiger partial charge in [0.05, 0.1) is 25.8 Å². The maximum absolute atomic E-state index is 13.2. The number of benzene rings is 1. The zero-order valence-electron chi connectivity index (χ0n) is 15.3. The van der Waals surface area contributed by atoms with Crippen molar-refractivity contribution >= 4 is 79.5 Å². The molecule has 0 radical (unpaired) electrons. The van der Waals surface area contributed by atoms with Gasteiger partial charge in [-0.2, -0.15) is 0 Å². The van der Waals surface area contributed by atoms with E-state index in [-0.39, 0.29) is 18.3 Å². The van der Waals surface area contributed by atoms with E-state index in [0.29, 0.717) is 25.9 Å². The van der Waals surface area contributed by atoms with Gasteiger partial charge in [0.25, 0.3) is 5.91 Å². The minimum Gasteiger partial charge on any atom is -0.337 e. The number of rotatable bonds is 6. The Bertz CT molecular complexity index is 1120. The third kappa shape index (κ3) is 4.92. The number of aryl methyl sites for hydroxylation is 2. The lowest BCUT2D eigenvalue weighted by molar-refractivity contribution is 0.0990. The largest absolute Gasteiger partial charge is 0.337 e. The number of carbonyl (C=O) groups is 1. The third-order valence-corrected chi connectivity index (χ3v) is 6.72. The molecule has 0 N–H and O–H groups in total. The maximum Gasteiger partial charge on any atom is 0.270 e. The molecule has 0 spiro atoms. The van der Waals surface area contributed by atoms with Crippen LogP contribution in [0.25, 0.3) is 10.2 Å². The first-order valence-electron chi connectivity index (χ1n) is 8.61. The Morgan fingerprint density at radius 1 is 1.24 bits per heavy atom. The van der Waals surface area contributed by atoms with Gasteiger partial charge in [0.1, 0.15) is 0 Å². The number of carbonyl (C=O) groups excluding carboxylic acids is 1. The second kappa shape index (κ2) is 9.45. The molecule has 4 rings (SSSR count). The van der Waals surface area contributed by atoms with Gasteiger partial charge in [0.2, 0.25) is 0 Å². The highest BCUT2D eigenvalue weighted by Gasteiger charge is 2.23. The van der Waals surface area contributed by atoms with E-state index >= 15 is 0 Å². The van der Waals surface area contributed by atoms with Crippen molar-refractivity contribution in [3.63, 3.8) is 0 Å². The number of halogens is 3. The number of aromatic nitrogens is 3. The number of fused-ring (bicyclic) bond motifs is 1. The molecular weight excluding hydrogens is 471 g/mol. The van der Waals surface area contributed by atoms with Gasteiger partial charge in [-0.05, 0) is 43.2 Å². The van der Waals surface area contributed by atoms with Crippen molar-refractivity contribution in [3.8, 4) is 0 Å². The molecule has 3 aromatic heterocycles. The Balaban J connectivity index is 0.00000240. The van der Waals surface area contributed by atoms with Crippen LogP contribution in [0.4, 0.5) is 5.13 Å². The summed E-state index contributed by atoms with van der Waals surface area (Å²) in [6.07, 6.45) is 6.20. The Hall–Kier alpha value is -1.64. The fourth-order valence-corrected chi connectivity index (χ4v) is 5.37. The van der Waals surface area contributed by atoms with Crippen LogP contribution in [0, 0.1) is 6.92 Å².